The van der Waals surface area contributed by atoms with Crippen LogP contribution in [0.1, 0.15) is 46.1 Å². The minimum atomic E-state index is -0.552. The second-order valence-electron chi connectivity index (χ2n) is 8.38. The van der Waals surface area contributed by atoms with E-state index < -0.39 is 6.04 Å². The monoisotopic (exact) mass is 432 g/mol. The molecule has 0 aliphatic carbocycles. The van der Waals surface area contributed by atoms with Crippen LogP contribution in [0.15, 0.2) is 41.3 Å². The fourth-order valence-electron chi connectivity index (χ4n) is 4.26. The van der Waals surface area contributed by atoms with Crippen LogP contribution in [0.4, 0.5) is 11.6 Å². The van der Waals surface area contributed by atoms with Gasteiger partial charge in [-0.25, -0.2) is 9.97 Å². The standard InChI is InChI=1S/C24H28N6O2/c1-14-8-15(2)10-17(9-14)11-26-22-24(32)30-19(13-27-22)5-6-20(30)23(31)28-12-18-4-7-21(25)29-16(18)3/h4,7-10,13,20H,5-6,11-12H2,1-3H3,(H2,25,29)(H,26,27)(H,28,31). The van der Waals surface area contributed by atoms with E-state index in [9.17, 15) is 9.59 Å². The van der Waals surface area contributed by atoms with Gasteiger partial charge in [-0.15, -0.1) is 0 Å². The number of nitrogen functional groups attached to an aromatic ring is 1. The van der Waals surface area contributed by atoms with Gasteiger partial charge in [0.2, 0.25) is 5.91 Å². The molecule has 3 aromatic rings. The van der Waals surface area contributed by atoms with E-state index in [1.54, 1.807) is 16.8 Å². The Kier molecular flexibility index (Phi) is 5.94. The molecule has 1 aromatic carbocycles. The summed E-state index contributed by atoms with van der Waals surface area (Å²) < 4.78 is 1.57. The summed E-state index contributed by atoms with van der Waals surface area (Å²) in [5.41, 5.74) is 11.3. The molecule has 0 saturated heterocycles. The Morgan fingerprint density at radius 3 is 2.62 bits per heavy atom. The molecule has 1 unspecified atom stereocenters. The van der Waals surface area contributed by atoms with E-state index in [0.29, 0.717) is 31.7 Å². The van der Waals surface area contributed by atoms with Crippen LogP contribution in [0.25, 0.3) is 0 Å². The lowest BCUT2D eigenvalue weighted by atomic mass is 10.1. The number of benzene rings is 1. The van der Waals surface area contributed by atoms with Crippen molar-refractivity contribution in [2.24, 2.45) is 0 Å². The lowest BCUT2D eigenvalue weighted by Gasteiger charge is -2.16. The molecule has 0 fully saturated rings. The minimum absolute atomic E-state index is 0.187. The molecular formula is C24H28N6O2. The quantitative estimate of drug-likeness (QED) is 0.551. The number of hydrogen-bond acceptors (Lipinski definition) is 6. The van der Waals surface area contributed by atoms with Crippen molar-refractivity contribution in [3.8, 4) is 0 Å². The van der Waals surface area contributed by atoms with Gasteiger partial charge in [0.15, 0.2) is 5.82 Å². The van der Waals surface area contributed by atoms with Gasteiger partial charge in [0.1, 0.15) is 11.9 Å². The summed E-state index contributed by atoms with van der Waals surface area (Å²) >= 11 is 0. The van der Waals surface area contributed by atoms with Crippen molar-refractivity contribution in [1.82, 2.24) is 19.9 Å². The summed E-state index contributed by atoms with van der Waals surface area (Å²) in [5.74, 6) is 0.516. The molecule has 4 N–H and O–H groups in total. The van der Waals surface area contributed by atoms with Crippen LogP contribution in [0, 0.1) is 20.8 Å². The van der Waals surface area contributed by atoms with E-state index in [1.165, 1.54) is 11.1 Å². The van der Waals surface area contributed by atoms with Gasteiger partial charge in [0.25, 0.3) is 5.56 Å². The first kappa shape index (κ1) is 21.5. The molecule has 0 spiro atoms. The molecule has 4 rings (SSSR count). The minimum Gasteiger partial charge on any atom is -0.384 e. The first-order chi connectivity index (χ1) is 15.3. The molecular weight excluding hydrogens is 404 g/mol. The molecule has 8 nitrogen and oxygen atoms in total. The Labute approximate surface area is 186 Å². The summed E-state index contributed by atoms with van der Waals surface area (Å²) in [5, 5.41) is 6.09. The number of fused-ring (bicyclic) bond motifs is 1. The molecule has 1 aliphatic heterocycles. The van der Waals surface area contributed by atoms with E-state index in [4.69, 9.17) is 5.73 Å². The Balaban J connectivity index is 1.49. The number of aromatic nitrogens is 3. The zero-order chi connectivity index (χ0) is 22.8. The molecule has 2 aromatic heterocycles. The number of carbonyl (C=O) groups excluding carboxylic acids is 1. The third kappa shape index (κ3) is 4.49. The highest BCUT2D eigenvalue weighted by Gasteiger charge is 2.30. The van der Waals surface area contributed by atoms with Crippen molar-refractivity contribution < 1.29 is 4.79 Å². The van der Waals surface area contributed by atoms with Crippen LogP contribution in [-0.4, -0.2) is 20.4 Å². The lowest BCUT2D eigenvalue weighted by Crippen LogP contribution is -2.36. The fraction of sp³-hybridized carbons (Fsp3) is 0.333. The van der Waals surface area contributed by atoms with Crippen molar-refractivity contribution in [2.45, 2.75) is 52.7 Å². The molecule has 0 bridgehead atoms. The van der Waals surface area contributed by atoms with Gasteiger partial charge in [-0.3, -0.25) is 14.2 Å². The molecule has 166 valence electrons. The summed E-state index contributed by atoms with van der Waals surface area (Å²) in [6.07, 6.45) is 2.90. The Morgan fingerprint density at radius 1 is 1.16 bits per heavy atom. The van der Waals surface area contributed by atoms with Crippen molar-refractivity contribution in [1.29, 1.82) is 0 Å². The van der Waals surface area contributed by atoms with E-state index in [-0.39, 0.29) is 17.3 Å². The predicted molar refractivity (Wildman–Crippen MR) is 124 cm³/mol. The first-order valence-electron chi connectivity index (χ1n) is 10.7. The van der Waals surface area contributed by atoms with Crippen molar-refractivity contribution in [3.05, 3.63) is 80.5 Å². The second-order valence-corrected chi connectivity index (χ2v) is 8.38. The molecule has 1 atom stereocenters. The third-order valence-corrected chi connectivity index (χ3v) is 5.77. The van der Waals surface area contributed by atoms with E-state index in [2.05, 4.69) is 38.8 Å². The fourth-order valence-corrected chi connectivity index (χ4v) is 4.26. The van der Waals surface area contributed by atoms with Gasteiger partial charge in [-0.05, 0) is 50.8 Å². The van der Waals surface area contributed by atoms with Crippen molar-refractivity contribution >= 4 is 17.5 Å². The number of amides is 1. The SMILES string of the molecule is Cc1cc(C)cc(CNc2ncc3n(c2=O)C(C(=O)NCc2ccc(N)nc2C)CC3)c1. The van der Waals surface area contributed by atoms with Crippen LogP contribution >= 0.6 is 0 Å². The average Bonchev–Trinajstić information content (AvgIpc) is 3.17. The lowest BCUT2D eigenvalue weighted by molar-refractivity contribution is -0.124. The molecule has 3 heterocycles. The summed E-state index contributed by atoms with van der Waals surface area (Å²) in [4.78, 5) is 34.6. The third-order valence-electron chi connectivity index (χ3n) is 5.77. The van der Waals surface area contributed by atoms with E-state index in [1.807, 2.05) is 26.8 Å². The maximum absolute atomic E-state index is 13.1. The predicted octanol–water partition coefficient (Wildman–Crippen LogP) is 2.56. The van der Waals surface area contributed by atoms with Gasteiger partial charge < -0.3 is 16.4 Å². The van der Waals surface area contributed by atoms with Gasteiger partial charge in [0, 0.05) is 30.7 Å². The van der Waals surface area contributed by atoms with Gasteiger partial charge >= 0.3 is 0 Å². The smallest absolute Gasteiger partial charge is 0.294 e. The largest absolute Gasteiger partial charge is 0.384 e. The number of carbonyl (C=O) groups is 1. The number of hydrogen-bond donors (Lipinski definition) is 3. The normalized spacial score (nSPS) is 14.8. The highest BCUT2D eigenvalue weighted by Crippen LogP contribution is 2.24. The topological polar surface area (TPSA) is 115 Å². The number of pyridine rings is 1. The molecule has 32 heavy (non-hydrogen) atoms. The molecule has 0 radical (unpaired) electrons. The van der Waals surface area contributed by atoms with E-state index >= 15 is 0 Å². The number of aryl methyl sites for hydroxylation is 4. The van der Waals surface area contributed by atoms with Crippen molar-refractivity contribution in [3.63, 3.8) is 0 Å². The van der Waals surface area contributed by atoms with E-state index in [0.717, 1.165) is 22.5 Å². The number of anilines is 2. The Bertz CT molecular complexity index is 1210. The molecule has 1 aliphatic rings. The number of nitrogens with one attached hydrogen (secondary N) is 2. The highest BCUT2D eigenvalue weighted by atomic mass is 16.2. The number of nitrogens with two attached hydrogens (primary N) is 1. The Morgan fingerprint density at radius 2 is 1.91 bits per heavy atom. The Hall–Kier alpha value is -3.68. The number of nitrogens with zero attached hydrogens (tertiary/aromatic N) is 3. The van der Waals surface area contributed by atoms with Crippen LogP contribution in [0.5, 0.6) is 0 Å². The molecule has 8 heteroatoms. The molecule has 1 amide bonds. The van der Waals surface area contributed by atoms with Crippen LogP contribution < -0.4 is 21.9 Å². The summed E-state index contributed by atoms with van der Waals surface area (Å²) in [7, 11) is 0. The zero-order valence-electron chi connectivity index (χ0n) is 18.6. The highest BCUT2D eigenvalue weighted by molar-refractivity contribution is 5.81. The first-order valence-corrected chi connectivity index (χ1v) is 10.7. The summed E-state index contributed by atoms with van der Waals surface area (Å²) in [6.45, 7) is 6.77. The maximum atomic E-state index is 13.1. The van der Waals surface area contributed by atoms with Crippen LogP contribution in [-0.2, 0) is 24.3 Å². The van der Waals surface area contributed by atoms with Gasteiger partial charge in [-0.2, -0.15) is 0 Å². The van der Waals surface area contributed by atoms with Crippen molar-refractivity contribution in [2.75, 3.05) is 11.1 Å². The average molecular weight is 433 g/mol. The number of rotatable bonds is 6. The van der Waals surface area contributed by atoms with Gasteiger partial charge in [-0.1, -0.05) is 35.4 Å². The van der Waals surface area contributed by atoms with Gasteiger partial charge in [0.05, 0.1) is 0 Å². The second kappa shape index (κ2) is 8.82. The molecule has 0 saturated carbocycles. The maximum Gasteiger partial charge on any atom is 0.294 e. The summed E-state index contributed by atoms with van der Waals surface area (Å²) in [6, 6.07) is 9.28. The van der Waals surface area contributed by atoms with Crippen LogP contribution in [0.3, 0.4) is 0 Å². The zero-order valence-corrected chi connectivity index (χ0v) is 18.6. The van der Waals surface area contributed by atoms with Crippen LogP contribution in [0.2, 0.25) is 0 Å².